The van der Waals surface area contributed by atoms with Gasteiger partial charge in [-0.15, -0.1) is 5.11 Å². The van der Waals surface area contributed by atoms with Gasteiger partial charge in [-0.1, -0.05) is 41.6 Å². The zero-order valence-corrected chi connectivity index (χ0v) is 9.28. The lowest BCUT2D eigenvalue weighted by Gasteiger charge is -2.06. The lowest BCUT2D eigenvalue weighted by Crippen LogP contribution is -1.94. The zero-order valence-electron chi connectivity index (χ0n) is 9.28. The Morgan fingerprint density at radius 2 is 1.82 bits per heavy atom. The van der Waals surface area contributed by atoms with Gasteiger partial charge in [0.15, 0.2) is 0 Å². The average molecular weight is 227 g/mol. The van der Waals surface area contributed by atoms with E-state index in [-0.39, 0.29) is 0 Å². The van der Waals surface area contributed by atoms with Crippen LogP contribution in [0, 0.1) is 0 Å². The lowest BCUT2D eigenvalue weighted by molar-refractivity contribution is 0.306. The van der Waals surface area contributed by atoms with E-state index in [0.29, 0.717) is 12.3 Å². The fourth-order valence-electron chi connectivity index (χ4n) is 1.44. The van der Waals surface area contributed by atoms with Gasteiger partial charge < -0.3 is 10.6 Å². The summed E-state index contributed by atoms with van der Waals surface area (Å²) in [4.78, 5) is 0. The first-order chi connectivity index (χ1) is 8.38. The molecule has 0 radical (unpaired) electrons. The van der Waals surface area contributed by atoms with Crippen molar-refractivity contribution < 1.29 is 4.74 Å². The summed E-state index contributed by atoms with van der Waals surface area (Å²) in [6.07, 6.45) is 0. The number of rotatable bonds is 4. The van der Waals surface area contributed by atoms with Crippen LogP contribution in [-0.4, -0.2) is 0 Å². The lowest BCUT2D eigenvalue weighted by atomic mass is 10.2. The topological polar surface area (TPSA) is 60.0 Å². The first-order valence-electron chi connectivity index (χ1n) is 5.26. The van der Waals surface area contributed by atoms with Crippen LogP contribution in [0.25, 0.3) is 0 Å². The van der Waals surface area contributed by atoms with E-state index in [9.17, 15) is 0 Å². The highest BCUT2D eigenvalue weighted by Gasteiger charge is 1.97. The third kappa shape index (κ3) is 3.31. The van der Waals surface area contributed by atoms with Crippen LogP contribution < -0.4 is 10.6 Å². The first kappa shape index (κ1) is 11.1. The molecule has 4 heteroatoms. The number of hydrogen-bond donors (Lipinski definition) is 1. The Morgan fingerprint density at radius 1 is 1.00 bits per heavy atom. The molecule has 0 saturated heterocycles. The van der Waals surface area contributed by atoms with Gasteiger partial charge in [-0.05, 0) is 17.7 Å². The third-order valence-electron chi connectivity index (χ3n) is 2.24. The normalized spacial score (nSPS) is 10.6. The molecule has 17 heavy (non-hydrogen) atoms. The first-order valence-corrected chi connectivity index (χ1v) is 5.26. The molecule has 0 saturated carbocycles. The minimum atomic E-state index is 0.532. The molecule has 2 aromatic rings. The van der Waals surface area contributed by atoms with E-state index in [1.807, 2.05) is 48.5 Å². The fraction of sp³-hybridized carbons (Fsp3) is 0.0769. The highest BCUT2D eigenvalue weighted by Crippen LogP contribution is 2.20. The van der Waals surface area contributed by atoms with Crippen molar-refractivity contribution in [2.45, 2.75) is 6.61 Å². The molecule has 0 spiro atoms. The van der Waals surface area contributed by atoms with Gasteiger partial charge in [0, 0.05) is 6.07 Å². The molecule has 0 aliphatic rings. The highest BCUT2D eigenvalue weighted by atomic mass is 16.5. The van der Waals surface area contributed by atoms with Crippen molar-refractivity contribution in [3.05, 3.63) is 60.2 Å². The number of nitrogens with two attached hydrogens (primary N) is 1. The van der Waals surface area contributed by atoms with Gasteiger partial charge in [0.25, 0.3) is 0 Å². The molecule has 0 aliphatic carbocycles. The number of benzene rings is 2. The molecule has 4 nitrogen and oxygen atoms in total. The Bertz CT molecular complexity index is 497. The Kier molecular flexibility index (Phi) is 3.70. The Labute approximate surface area is 99.7 Å². The molecular weight excluding hydrogens is 214 g/mol. The number of hydrogen-bond acceptors (Lipinski definition) is 3. The van der Waals surface area contributed by atoms with Crippen LogP contribution in [0.3, 0.4) is 0 Å². The van der Waals surface area contributed by atoms with Crippen LogP contribution in [0.2, 0.25) is 0 Å². The summed E-state index contributed by atoms with van der Waals surface area (Å²) < 4.78 is 5.64. The van der Waals surface area contributed by atoms with Crippen LogP contribution in [0.4, 0.5) is 5.69 Å². The molecule has 2 aromatic carbocycles. The predicted molar refractivity (Wildman–Crippen MR) is 65.9 cm³/mol. The van der Waals surface area contributed by atoms with Gasteiger partial charge in [0.2, 0.25) is 0 Å². The molecule has 2 rings (SSSR count). The van der Waals surface area contributed by atoms with Crippen LogP contribution in [0.15, 0.2) is 64.9 Å². The van der Waals surface area contributed by atoms with E-state index < -0.39 is 0 Å². The smallest absolute Gasteiger partial charge is 0.122 e. The standard InChI is InChI=1S/C13H13N3O/c14-16-15-12-7-4-8-13(9-12)17-10-11-5-2-1-3-6-11/h1-9H,10H2,(H2,14,15). The maximum Gasteiger partial charge on any atom is 0.122 e. The maximum atomic E-state index is 5.64. The molecule has 0 amide bonds. The molecule has 2 N–H and O–H groups in total. The van der Waals surface area contributed by atoms with E-state index in [1.54, 1.807) is 6.07 Å². The summed E-state index contributed by atoms with van der Waals surface area (Å²) in [6, 6.07) is 17.3. The Morgan fingerprint density at radius 3 is 2.59 bits per heavy atom. The zero-order chi connectivity index (χ0) is 11.9. The Balaban J connectivity index is 2.02. The average Bonchev–Trinajstić information content (AvgIpc) is 2.39. The number of ether oxygens (including phenoxy) is 1. The van der Waals surface area contributed by atoms with Crippen molar-refractivity contribution in [3.63, 3.8) is 0 Å². The molecule has 0 fully saturated rings. The molecule has 0 unspecified atom stereocenters. The second kappa shape index (κ2) is 5.65. The molecule has 86 valence electrons. The monoisotopic (exact) mass is 227 g/mol. The summed E-state index contributed by atoms with van der Waals surface area (Å²) in [5.74, 6) is 5.74. The van der Waals surface area contributed by atoms with Crippen LogP contribution in [-0.2, 0) is 6.61 Å². The largest absolute Gasteiger partial charge is 0.489 e. The number of nitrogens with zero attached hydrogens (tertiary/aromatic N) is 2. The molecular formula is C13H13N3O. The minimum Gasteiger partial charge on any atom is -0.489 e. The minimum absolute atomic E-state index is 0.532. The predicted octanol–water partition coefficient (Wildman–Crippen LogP) is 3.22. The van der Waals surface area contributed by atoms with Gasteiger partial charge in [0.05, 0.1) is 5.69 Å². The maximum absolute atomic E-state index is 5.64. The molecule has 0 atom stereocenters. The van der Waals surface area contributed by atoms with Gasteiger partial charge in [-0.3, -0.25) is 0 Å². The van der Waals surface area contributed by atoms with Crippen molar-refractivity contribution in [3.8, 4) is 5.75 Å². The van der Waals surface area contributed by atoms with E-state index >= 15 is 0 Å². The summed E-state index contributed by atoms with van der Waals surface area (Å²) in [5.41, 5.74) is 1.80. The fourth-order valence-corrected chi connectivity index (χ4v) is 1.44. The summed E-state index contributed by atoms with van der Waals surface area (Å²) >= 11 is 0. The van der Waals surface area contributed by atoms with E-state index in [1.165, 1.54) is 0 Å². The Hall–Kier alpha value is -2.36. The SMILES string of the molecule is NN=Nc1cccc(OCc2ccccc2)c1. The van der Waals surface area contributed by atoms with Gasteiger partial charge >= 0.3 is 0 Å². The van der Waals surface area contributed by atoms with Crippen molar-refractivity contribution in [2.75, 3.05) is 0 Å². The quantitative estimate of drug-likeness (QED) is 0.495. The summed E-state index contributed by atoms with van der Waals surface area (Å²) in [5, 5.41) is 6.98. The van der Waals surface area contributed by atoms with Crippen molar-refractivity contribution in [1.82, 2.24) is 0 Å². The van der Waals surface area contributed by atoms with E-state index in [0.717, 1.165) is 11.3 Å². The molecule has 0 aliphatic heterocycles. The van der Waals surface area contributed by atoms with E-state index in [2.05, 4.69) is 10.3 Å². The van der Waals surface area contributed by atoms with E-state index in [4.69, 9.17) is 10.6 Å². The second-order valence-corrected chi connectivity index (χ2v) is 3.49. The van der Waals surface area contributed by atoms with Crippen LogP contribution in [0.1, 0.15) is 5.56 Å². The third-order valence-corrected chi connectivity index (χ3v) is 2.24. The van der Waals surface area contributed by atoms with Crippen molar-refractivity contribution in [2.24, 2.45) is 16.2 Å². The molecule has 0 bridgehead atoms. The molecule has 0 aromatic heterocycles. The van der Waals surface area contributed by atoms with Gasteiger partial charge in [-0.2, -0.15) is 0 Å². The summed E-state index contributed by atoms with van der Waals surface area (Å²) in [6.45, 7) is 0.532. The summed E-state index contributed by atoms with van der Waals surface area (Å²) in [7, 11) is 0. The second-order valence-electron chi connectivity index (χ2n) is 3.49. The van der Waals surface area contributed by atoms with Crippen molar-refractivity contribution in [1.29, 1.82) is 0 Å². The van der Waals surface area contributed by atoms with Gasteiger partial charge in [0.1, 0.15) is 12.4 Å². The van der Waals surface area contributed by atoms with Crippen molar-refractivity contribution >= 4 is 5.69 Å². The van der Waals surface area contributed by atoms with Crippen LogP contribution in [0.5, 0.6) is 5.75 Å². The highest BCUT2D eigenvalue weighted by molar-refractivity contribution is 5.42. The van der Waals surface area contributed by atoms with Crippen LogP contribution >= 0.6 is 0 Å². The molecule has 0 heterocycles. The van der Waals surface area contributed by atoms with Gasteiger partial charge in [-0.25, -0.2) is 0 Å².